The average Bonchev–Trinajstić information content (AvgIpc) is 3.47. The Balaban J connectivity index is 1.51. The van der Waals surface area contributed by atoms with Crippen LogP contribution >= 0.6 is 11.3 Å². The van der Waals surface area contributed by atoms with Gasteiger partial charge in [-0.15, -0.1) is 11.3 Å². The fourth-order valence-corrected chi connectivity index (χ4v) is 6.62. The number of aromatic amines is 1. The van der Waals surface area contributed by atoms with Crippen molar-refractivity contribution in [3.63, 3.8) is 0 Å². The number of aromatic nitrogens is 2. The number of halogens is 4. The van der Waals surface area contributed by atoms with E-state index in [9.17, 15) is 27.6 Å². The van der Waals surface area contributed by atoms with Gasteiger partial charge in [0.15, 0.2) is 0 Å². The first-order chi connectivity index (χ1) is 20.8. The molecule has 236 valence electrons. The third-order valence-electron chi connectivity index (χ3n) is 8.41. The van der Waals surface area contributed by atoms with Crippen LogP contribution in [0.3, 0.4) is 0 Å². The van der Waals surface area contributed by atoms with Crippen LogP contribution in [0.15, 0.2) is 35.4 Å². The maximum absolute atomic E-state index is 15.8. The van der Waals surface area contributed by atoms with Crippen molar-refractivity contribution in [3.05, 3.63) is 62.8 Å². The number of carbonyl (C=O) groups is 2. The molecule has 2 unspecified atom stereocenters. The Bertz CT molecular complexity index is 1590. The van der Waals surface area contributed by atoms with Gasteiger partial charge in [0, 0.05) is 55.1 Å². The maximum atomic E-state index is 15.8. The summed E-state index contributed by atoms with van der Waals surface area (Å²) >= 11 is 0.986. The van der Waals surface area contributed by atoms with Crippen molar-refractivity contribution in [2.75, 3.05) is 30.4 Å². The second-order valence-electron chi connectivity index (χ2n) is 11.5. The Kier molecular flexibility index (Phi) is 9.12. The van der Waals surface area contributed by atoms with Crippen LogP contribution in [0.25, 0.3) is 10.6 Å². The second-order valence-corrected chi connectivity index (χ2v) is 12.6. The molecule has 2 fully saturated rings. The quantitative estimate of drug-likeness (QED) is 0.309. The smallest absolute Gasteiger partial charge is 0.367 e. The van der Waals surface area contributed by atoms with Crippen molar-refractivity contribution in [1.82, 2.24) is 20.2 Å². The zero-order valence-electron chi connectivity index (χ0n) is 24.6. The fourth-order valence-electron chi connectivity index (χ4n) is 5.78. The average molecular weight is 635 g/mol. The lowest BCUT2D eigenvalue weighted by Crippen LogP contribution is -2.55. The normalized spacial score (nSPS) is 20.0. The van der Waals surface area contributed by atoms with Crippen molar-refractivity contribution in [1.29, 1.82) is 0 Å². The van der Waals surface area contributed by atoms with E-state index in [1.54, 1.807) is 0 Å². The van der Waals surface area contributed by atoms with Gasteiger partial charge >= 0.3 is 6.18 Å². The number of piperazine rings is 1. The molecule has 3 N–H and O–H groups in total. The molecule has 1 aliphatic heterocycles. The van der Waals surface area contributed by atoms with Gasteiger partial charge in [0.2, 0.25) is 5.56 Å². The lowest BCUT2D eigenvalue weighted by atomic mass is 9.95. The standard InChI is InChI=1S/C30H34F4N6O3S/c1-16-14-40(15-17(2)39(16)3)24-11-22(31)19(29-36-13-25(44-29)28(43)37-18-7-5-4-6-8-18)9-23(24)38-27(42)20-12-35-26(41)10-21(20)30(32,33)34/h9-13,16-18H,4-8,14-15H2,1-3H3,(H,35,41)(H,37,43)(H,38,42). The molecule has 2 amide bonds. The lowest BCUT2D eigenvalue weighted by Gasteiger charge is -2.44. The molecule has 1 saturated heterocycles. The third-order valence-corrected chi connectivity index (χ3v) is 9.44. The molecule has 44 heavy (non-hydrogen) atoms. The summed E-state index contributed by atoms with van der Waals surface area (Å²) in [5.74, 6) is -2.09. The predicted molar refractivity (Wildman–Crippen MR) is 161 cm³/mol. The van der Waals surface area contributed by atoms with Gasteiger partial charge in [0.1, 0.15) is 15.7 Å². The summed E-state index contributed by atoms with van der Waals surface area (Å²) in [6.07, 6.45) is 2.12. The van der Waals surface area contributed by atoms with E-state index in [-0.39, 0.29) is 46.0 Å². The van der Waals surface area contributed by atoms with Crippen LogP contribution in [-0.2, 0) is 6.18 Å². The number of hydrogen-bond donors (Lipinski definition) is 3. The van der Waals surface area contributed by atoms with E-state index < -0.39 is 34.6 Å². The van der Waals surface area contributed by atoms with E-state index in [4.69, 9.17) is 0 Å². The van der Waals surface area contributed by atoms with Crippen LogP contribution in [0.5, 0.6) is 0 Å². The largest absolute Gasteiger partial charge is 0.417 e. The zero-order valence-corrected chi connectivity index (χ0v) is 25.4. The summed E-state index contributed by atoms with van der Waals surface area (Å²) in [7, 11) is 1.97. The number of nitrogens with one attached hydrogen (secondary N) is 3. The van der Waals surface area contributed by atoms with E-state index >= 15 is 4.39 Å². The highest BCUT2D eigenvalue weighted by Gasteiger charge is 2.36. The second kappa shape index (κ2) is 12.7. The number of anilines is 2. The van der Waals surface area contributed by atoms with Crippen molar-refractivity contribution in [3.8, 4) is 10.6 Å². The Morgan fingerprint density at radius 3 is 2.39 bits per heavy atom. The Morgan fingerprint density at radius 2 is 1.73 bits per heavy atom. The molecule has 9 nitrogen and oxygen atoms in total. The molecule has 2 aromatic heterocycles. The van der Waals surface area contributed by atoms with Crippen molar-refractivity contribution in [2.45, 2.75) is 70.3 Å². The van der Waals surface area contributed by atoms with Gasteiger partial charge in [-0.2, -0.15) is 13.2 Å². The number of pyridine rings is 1. The summed E-state index contributed by atoms with van der Waals surface area (Å²) in [5, 5.41) is 5.72. The first-order valence-corrected chi connectivity index (χ1v) is 15.3. The van der Waals surface area contributed by atoms with Gasteiger partial charge in [-0.05, 0) is 39.8 Å². The molecule has 5 rings (SSSR count). The summed E-state index contributed by atoms with van der Waals surface area (Å²) in [6.45, 7) is 4.93. The highest BCUT2D eigenvalue weighted by molar-refractivity contribution is 7.16. The summed E-state index contributed by atoms with van der Waals surface area (Å²) in [4.78, 5) is 48.5. The van der Waals surface area contributed by atoms with Gasteiger partial charge in [-0.1, -0.05) is 19.3 Å². The van der Waals surface area contributed by atoms with Crippen LogP contribution in [0.2, 0.25) is 0 Å². The third kappa shape index (κ3) is 6.80. The van der Waals surface area contributed by atoms with Gasteiger partial charge in [-0.25, -0.2) is 9.37 Å². The van der Waals surface area contributed by atoms with E-state index in [0.29, 0.717) is 30.2 Å². The Hall–Kier alpha value is -3.78. The molecule has 1 aromatic carbocycles. The highest BCUT2D eigenvalue weighted by atomic mass is 32.1. The molecule has 1 saturated carbocycles. The topological polar surface area (TPSA) is 110 Å². The summed E-state index contributed by atoms with van der Waals surface area (Å²) in [6, 6.07) is 3.08. The van der Waals surface area contributed by atoms with Gasteiger partial charge in [-0.3, -0.25) is 19.3 Å². The van der Waals surface area contributed by atoms with Gasteiger partial charge < -0.3 is 20.5 Å². The zero-order chi connectivity index (χ0) is 31.8. The minimum Gasteiger partial charge on any atom is -0.367 e. The SMILES string of the molecule is CC1CN(c2cc(F)c(-c3ncc(C(=O)NC4CCCCC4)s3)cc2NC(=O)c2c[nH]c(=O)cc2C(F)(F)F)CC(C)N1C. The van der Waals surface area contributed by atoms with Gasteiger partial charge in [0.05, 0.1) is 28.7 Å². The van der Waals surface area contributed by atoms with Crippen LogP contribution < -0.4 is 21.1 Å². The number of alkyl halides is 3. The van der Waals surface area contributed by atoms with Gasteiger partial charge in [0.25, 0.3) is 11.8 Å². The molecule has 3 heterocycles. The minimum atomic E-state index is -4.96. The Labute approximate surface area is 255 Å². The predicted octanol–water partition coefficient (Wildman–Crippen LogP) is 5.50. The Morgan fingerprint density at radius 1 is 1.05 bits per heavy atom. The van der Waals surface area contributed by atoms with E-state index in [0.717, 1.165) is 43.4 Å². The van der Waals surface area contributed by atoms with Crippen LogP contribution in [0.1, 0.15) is 71.5 Å². The van der Waals surface area contributed by atoms with Crippen molar-refractivity contribution < 1.29 is 27.2 Å². The van der Waals surface area contributed by atoms with Crippen LogP contribution in [-0.4, -0.2) is 64.9 Å². The first-order valence-electron chi connectivity index (χ1n) is 14.5. The number of H-pyrrole nitrogens is 1. The molecule has 14 heteroatoms. The molecule has 2 aliphatic rings. The van der Waals surface area contributed by atoms with Crippen molar-refractivity contribution in [2.24, 2.45) is 0 Å². The van der Waals surface area contributed by atoms with E-state index in [1.165, 1.54) is 18.3 Å². The number of carbonyl (C=O) groups excluding carboxylic acids is 2. The molecule has 0 bridgehead atoms. The number of benzene rings is 1. The number of nitrogens with zero attached hydrogens (tertiary/aromatic N) is 3. The number of rotatable bonds is 6. The molecule has 0 spiro atoms. The summed E-state index contributed by atoms with van der Waals surface area (Å²) < 4.78 is 57.0. The van der Waals surface area contributed by atoms with E-state index in [2.05, 4.69) is 25.5 Å². The lowest BCUT2D eigenvalue weighted by molar-refractivity contribution is -0.138. The van der Waals surface area contributed by atoms with Crippen LogP contribution in [0.4, 0.5) is 28.9 Å². The fraction of sp³-hybridized carbons (Fsp3) is 0.467. The molecule has 1 aliphatic carbocycles. The van der Waals surface area contributed by atoms with Crippen LogP contribution in [0, 0.1) is 5.82 Å². The minimum absolute atomic E-state index is 0.0153. The summed E-state index contributed by atoms with van der Waals surface area (Å²) in [5.41, 5.74) is -2.85. The molecule has 0 radical (unpaired) electrons. The highest BCUT2D eigenvalue weighted by Crippen LogP contribution is 2.38. The number of thiazole rings is 1. The molecular formula is C30H34F4N6O3S. The van der Waals surface area contributed by atoms with E-state index in [1.807, 2.05) is 25.8 Å². The van der Waals surface area contributed by atoms with Crippen molar-refractivity contribution >= 4 is 34.5 Å². The number of likely N-dealkylation sites (N-methyl/N-ethyl adjacent to an activating group) is 1. The molecular weight excluding hydrogens is 600 g/mol. The monoisotopic (exact) mass is 634 g/mol. The maximum Gasteiger partial charge on any atom is 0.417 e. The first kappa shape index (κ1) is 31.6. The molecule has 2 atom stereocenters. The number of amides is 2. The molecule has 3 aromatic rings. The number of hydrogen-bond acceptors (Lipinski definition) is 7.